The molecule has 9 nitrogen and oxygen atoms in total. The third kappa shape index (κ3) is 3.11. The molecular formula is C18H15N5O4. The second-order valence-electron chi connectivity index (χ2n) is 5.88. The van der Waals surface area contributed by atoms with Crippen molar-refractivity contribution in [1.82, 2.24) is 10.3 Å². The Hall–Kier alpha value is -3.72. The Morgan fingerprint density at radius 3 is 2.59 bits per heavy atom. The number of anilines is 3. The maximum Gasteiger partial charge on any atom is 0.323 e. The molecular weight excluding hydrogens is 350 g/mol. The van der Waals surface area contributed by atoms with Crippen LogP contribution in [0.25, 0.3) is 21.8 Å². The first-order chi connectivity index (χ1) is 13.2. The van der Waals surface area contributed by atoms with Gasteiger partial charge in [-0.05, 0) is 39.3 Å². The molecule has 0 fully saturated rings. The number of aromatic nitrogens is 2. The number of nitro benzene ring substituents is 1. The summed E-state index contributed by atoms with van der Waals surface area (Å²) in [6.07, 6.45) is 0. The van der Waals surface area contributed by atoms with Crippen LogP contribution in [0.1, 0.15) is 0 Å². The molecule has 0 aliphatic carbocycles. The number of aliphatic hydroxyl groups is 1. The highest BCUT2D eigenvalue weighted by Gasteiger charge is 2.25. The SMILES string of the molecule is O=[N+]([O-])c1c(NCCO)cc(Nc2ccc3ccccc3c2)c2nonc12. The molecule has 0 aliphatic heterocycles. The number of fused-ring (bicyclic) bond motifs is 2. The van der Waals surface area contributed by atoms with Crippen LogP contribution >= 0.6 is 0 Å². The third-order valence-corrected chi connectivity index (χ3v) is 4.15. The van der Waals surface area contributed by atoms with E-state index >= 15 is 0 Å². The van der Waals surface area contributed by atoms with E-state index in [1.54, 1.807) is 6.07 Å². The molecule has 27 heavy (non-hydrogen) atoms. The highest BCUT2D eigenvalue weighted by atomic mass is 16.6. The lowest BCUT2D eigenvalue weighted by Gasteiger charge is -2.11. The smallest absolute Gasteiger partial charge is 0.323 e. The van der Waals surface area contributed by atoms with Crippen molar-refractivity contribution >= 4 is 44.6 Å². The van der Waals surface area contributed by atoms with Crippen LogP contribution in [0.2, 0.25) is 0 Å². The van der Waals surface area contributed by atoms with Crippen LogP contribution < -0.4 is 10.6 Å². The van der Waals surface area contributed by atoms with Gasteiger partial charge in [0.2, 0.25) is 5.52 Å². The second-order valence-corrected chi connectivity index (χ2v) is 5.88. The number of aliphatic hydroxyl groups excluding tert-OH is 1. The molecule has 3 aromatic carbocycles. The average Bonchev–Trinajstić information content (AvgIpc) is 3.15. The number of hydrogen-bond acceptors (Lipinski definition) is 8. The second kappa shape index (κ2) is 6.89. The fourth-order valence-corrected chi connectivity index (χ4v) is 2.96. The Bertz CT molecular complexity index is 1140. The van der Waals surface area contributed by atoms with E-state index in [2.05, 4.69) is 20.9 Å². The van der Waals surface area contributed by atoms with Gasteiger partial charge in [0.15, 0.2) is 5.52 Å². The summed E-state index contributed by atoms with van der Waals surface area (Å²) in [5.74, 6) is 0. The van der Waals surface area contributed by atoms with Crippen molar-refractivity contribution in [2.45, 2.75) is 0 Å². The van der Waals surface area contributed by atoms with Gasteiger partial charge >= 0.3 is 5.69 Å². The maximum absolute atomic E-state index is 11.5. The van der Waals surface area contributed by atoms with Gasteiger partial charge in [-0.1, -0.05) is 30.3 Å². The number of nitrogens with zero attached hydrogens (tertiary/aromatic N) is 3. The van der Waals surface area contributed by atoms with E-state index in [9.17, 15) is 10.1 Å². The maximum atomic E-state index is 11.5. The van der Waals surface area contributed by atoms with E-state index < -0.39 is 4.92 Å². The minimum Gasteiger partial charge on any atom is -0.395 e. The predicted molar refractivity (Wildman–Crippen MR) is 101 cm³/mol. The van der Waals surface area contributed by atoms with Gasteiger partial charge in [0, 0.05) is 12.2 Å². The minimum absolute atomic E-state index is 0.0335. The van der Waals surface area contributed by atoms with Gasteiger partial charge in [0.05, 0.1) is 17.2 Å². The van der Waals surface area contributed by atoms with Crippen molar-refractivity contribution in [2.24, 2.45) is 0 Å². The Morgan fingerprint density at radius 1 is 1.04 bits per heavy atom. The molecule has 1 heterocycles. The van der Waals surface area contributed by atoms with E-state index in [0.29, 0.717) is 5.69 Å². The van der Waals surface area contributed by atoms with Gasteiger partial charge in [-0.2, -0.15) is 0 Å². The first-order valence-electron chi connectivity index (χ1n) is 8.21. The monoisotopic (exact) mass is 365 g/mol. The summed E-state index contributed by atoms with van der Waals surface area (Å²) in [5, 5.41) is 36.2. The van der Waals surface area contributed by atoms with Crippen molar-refractivity contribution in [3.8, 4) is 0 Å². The number of rotatable bonds is 6. The van der Waals surface area contributed by atoms with E-state index in [-0.39, 0.29) is 35.6 Å². The fourth-order valence-electron chi connectivity index (χ4n) is 2.96. The number of nitro groups is 1. The van der Waals surface area contributed by atoms with Crippen molar-refractivity contribution < 1.29 is 14.7 Å². The molecule has 0 unspecified atom stereocenters. The van der Waals surface area contributed by atoms with Crippen LogP contribution in [0.5, 0.6) is 0 Å². The molecule has 0 aliphatic rings. The van der Waals surface area contributed by atoms with E-state index in [4.69, 9.17) is 9.74 Å². The molecule has 0 bridgehead atoms. The first kappa shape index (κ1) is 16.7. The first-order valence-corrected chi connectivity index (χ1v) is 8.21. The molecule has 0 amide bonds. The molecule has 3 N–H and O–H groups in total. The van der Waals surface area contributed by atoms with E-state index in [1.165, 1.54) is 0 Å². The van der Waals surface area contributed by atoms with Crippen molar-refractivity contribution in [1.29, 1.82) is 0 Å². The normalized spacial score (nSPS) is 11.0. The van der Waals surface area contributed by atoms with Crippen LogP contribution in [-0.4, -0.2) is 33.5 Å². The largest absolute Gasteiger partial charge is 0.395 e. The summed E-state index contributed by atoms with van der Waals surface area (Å²) in [7, 11) is 0. The zero-order valence-corrected chi connectivity index (χ0v) is 14.0. The van der Waals surface area contributed by atoms with Gasteiger partial charge < -0.3 is 15.7 Å². The van der Waals surface area contributed by atoms with Crippen molar-refractivity contribution in [3.63, 3.8) is 0 Å². The highest BCUT2D eigenvalue weighted by molar-refractivity contribution is 6.01. The van der Waals surface area contributed by atoms with Crippen LogP contribution in [0.3, 0.4) is 0 Å². The molecule has 0 spiro atoms. The van der Waals surface area contributed by atoms with Crippen LogP contribution in [0.4, 0.5) is 22.7 Å². The Kier molecular flexibility index (Phi) is 4.27. The van der Waals surface area contributed by atoms with Crippen molar-refractivity contribution in [2.75, 3.05) is 23.8 Å². The average molecular weight is 365 g/mol. The van der Waals surface area contributed by atoms with Gasteiger partial charge in [-0.15, -0.1) is 0 Å². The predicted octanol–water partition coefficient (Wildman–Crippen LogP) is 3.43. The zero-order chi connectivity index (χ0) is 18.8. The summed E-state index contributed by atoms with van der Waals surface area (Å²) in [6.45, 7) is -0.00721. The Balaban J connectivity index is 1.81. The van der Waals surface area contributed by atoms with Crippen LogP contribution in [0, 0.1) is 10.1 Å². The number of benzene rings is 3. The van der Waals surface area contributed by atoms with Gasteiger partial charge in [-0.25, -0.2) is 4.63 Å². The van der Waals surface area contributed by atoms with E-state index in [1.807, 2.05) is 42.5 Å². The summed E-state index contributed by atoms with van der Waals surface area (Å²) >= 11 is 0. The molecule has 4 rings (SSSR count). The molecule has 0 saturated carbocycles. The molecule has 0 atom stereocenters. The summed E-state index contributed by atoms with van der Waals surface area (Å²) in [4.78, 5) is 10.9. The summed E-state index contributed by atoms with van der Waals surface area (Å²) in [6, 6.07) is 15.4. The highest BCUT2D eigenvalue weighted by Crippen LogP contribution is 2.38. The van der Waals surface area contributed by atoms with Gasteiger partial charge in [-0.3, -0.25) is 10.1 Å². The molecule has 0 radical (unpaired) electrons. The van der Waals surface area contributed by atoms with Crippen LogP contribution in [0.15, 0.2) is 53.2 Å². The van der Waals surface area contributed by atoms with Gasteiger partial charge in [0.25, 0.3) is 0 Å². The van der Waals surface area contributed by atoms with E-state index in [0.717, 1.165) is 16.5 Å². The number of hydrogen-bond donors (Lipinski definition) is 3. The minimum atomic E-state index is -0.550. The molecule has 4 aromatic rings. The molecule has 9 heteroatoms. The summed E-state index contributed by atoms with van der Waals surface area (Å²) < 4.78 is 4.74. The lowest BCUT2D eigenvalue weighted by Crippen LogP contribution is -2.08. The molecule has 0 saturated heterocycles. The van der Waals surface area contributed by atoms with Crippen molar-refractivity contribution in [3.05, 3.63) is 58.6 Å². The standard InChI is InChI=1S/C18H15N5O4/c24-8-7-19-15-10-14(16-17(22-27-21-16)18(15)23(25)26)20-13-6-5-11-3-1-2-4-12(11)9-13/h1-6,9-10,19-20,24H,7-8H2. The molecule has 136 valence electrons. The van der Waals surface area contributed by atoms with Gasteiger partial charge in [0.1, 0.15) is 5.69 Å². The quantitative estimate of drug-likeness (QED) is 0.350. The lowest BCUT2D eigenvalue weighted by molar-refractivity contribution is -0.382. The third-order valence-electron chi connectivity index (χ3n) is 4.15. The number of nitrogens with one attached hydrogen (secondary N) is 2. The topological polar surface area (TPSA) is 126 Å². The molecule has 1 aromatic heterocycles. The lowest BCUT2D eigenvalue weighted by atomic mass is 10.1. The van der Waals surface area contributed by atoms with Crippen LogP contribution in [-0.2, 0) is 0 Å². The Morgan fingerprint density at radius 2 is 1.81 bits per heavy atom. The summed E-state index contributed by atoms with van der Waals surface area (Å²) in [5.41, 5.74) is 1.56. The zero-order valence-electron chi connectivity index (χ0n) is 14.0. The fraction of sp³-hybridized carbons (Fsp3) is 0.111. The Labute approximate surface area is 152 Å².